The van der Waals surface area contributed by atoms with Crippen LogP contribution in [0.1, 0.15) is 30.3 Å². The summed E-state index contributed by atoms with van der Waals surface area (Å²) in [5, 5.41) is 9.80. The quantitative estimate of drug-likeness (QED) is 0.752. The van der Waals surface area contributed by atoms with Crippen molar-refractivity contribution < 1.29 is 9.21 Å². The number of rotatable bonds is 4. The normalized spacial score (nSPS) is 15.2. The van der Waals surface area contributed by atoms with Crippen LogP contribution in [0.25, 0.3) is 11.6 Å². The van der Waals surface area contributed by atoms with Gasteiger partial charge in [0.1, 0.15) is 5.82 Å². The minimum atomic E-state index is -0.0829. The topological polar surface area (TPSA) is 99.9 Å². The van der Waals surface area contributed by atoms with E-state index in [1.165, 1.54) is 0 Å². The predicted molar refractivity (Wildman–Crippen MR) is 94.1 cm³/mol. The van der Waals surface area contributed by atoms with Crippen molar-refractivity contribution in [3.8, 4) is 11.6 Å². The summed E-state index contributed by atoms with van der Waals surface area (Å²) in [5.41, 5.74) is 1.11. The molecule has 134 valence electrons. The van der Waals surface area contributed by atoms with E-state index in [0.29, 0.717) is 29.9 Å². The second-order valence-corrected chi connectivity index (χ2v) is 6.26. The summed E-state index contributed by atoms with van der Waals surface area (Å²) in [6.45, 7) is 1.75. The van der Waals surface area contributed by atoms with Gasteiger partial charge in [0.2, 0.25) is 5.82 Å². The van der Waals surface area contributed by atoms with Crippen LogP contribution in [-0.4, -0.2) is 44.2 Å². The van der Waals surface area contributed by atoms with Crippen LogP contribution in [0.4, 0.5) is 4.79 Å². The molecule has 0 unspecified atom stereocenters. The molecular formula is C18H20N6O2. The number of amides is 2. The number of furan rings is 1. The SMILES string of the molecule is O=C(NCc1nc(-c2ccco2)n[nH]1)N1CCC(c2ccccn2)CC1. The zero-order valence-electron chi connectivity index (χ0n) is 14.3. The van der Waals surface area contributed by atoms with E-state index in [0.717, 1.165) is 31.6 Å². The standard InChI is InChI=1S/C18H20N6O2/c25-18(20-12-16-21-17(23-22-16)15-5-3-11-26-15)24-9-6-13(7-10-24)14-4-1-2-8-19-14/h1-5,8,11,13H,6-7,9-10,12H2,(H,20,25)(H,21,22,23). The zero-order chi connectivity index (χ0) is 17.8. The first kappa shape index (κ1) is 16.3. The van der Waals surface area contributed by atoms with Crippen LogP contribution in [0.3, 0.4) is 0 Å². The van der Waals surface area contributed by atoms with Gasteiger partial charge in [-0.3, -0.25) is 10.1 Å². The number of likely N-dealkylation sites (tertiary alicyclic amines) is 1. The summed E-state index contributed by atoms with van der Waals surface area (Å²) in [6.07, 6.45) is 5.25. The van der Waals surface area contributed by atoms with Gasteiger partial charge in [0.05, 0.1) is 12.8 Å². The lowest BCUT2D eigenvalue weighted by molar-refractivity contribution is 0.180. The molecule has 0 bridgehead atoms. The van der Waals surface area contributed by atoms with E-state index in [2.05, 4.69) is 31.5 Å². The number of carbonyl (C=O) groups excluding carboxylic acids is 1. The summed E-state index contributed by atoms with van der Waals surface area (Å²) in [5.74, 6) is 2.09. The molecule has 2 amide bonds. The van der Waals surface area contributed by atoms with E-state index >= 15 is 0 Å². The first-order valence-electron chi connectivity index (χ1n) is 8.68. The highest BCUT2D eigenvalue weighted by molar-refractivity contribution is 5.74. The van der Waals surface area contributed by atoms with Crippen LogP contribution < -0.4 is 5.32 Å². The number of nitrogens with one attached hydrogen (secondary N) is 2. The molecule has 0 saturated carbocycles. The number of urea groups is 1. The number of nitrogens with zero attached hydrogens (tertiary/aromatic N) is 4. The zero-order valence-corrected chi connectivity index (χ0v) is 14.3. The molecule has 3 aromatic rings. The number of carbonyl (C=O) groups is 1. The van der Waals surface area contributed by atoms with E-state index < -0.39 is 0 Å². The Morgan fingerprint density at radius 2 is 2.15 bits per heavy atom. The van der Waals surface area contributed by atoms with E-state index in [4.69, 9.17) is 4.42 Å². The molecule has 4 rings (SSSR count). The van der Waals surface area contributed by atoms with Crippen LogP contribution in [0, 0.1) is 0 Å². The van der Waals surface area contributed by atoms with Gasteiger partial charge in [-0.05, 0) is 37.1 Å². The van der Waals surface area contributed by atoms with E-state index in [9.17, 15) is 4.79 Å². The van der Waals surface area contributed by atoms with Crippen molar-refractivity contribution in [3.05, 3.63) is 54.3 Å². The first-order valence-corrected chi connectivity index (χ1v) is 8.68. The molecule has 1 fully saturated rings. The Labute approximate surface area is 150 Å². The Kier molecular flexibility index (Phi) is 4.63. The fourth-order valence-electron chi connectivity index (χ4n) is 3.16. The third-order valence-electron chi connectivity index (χ3n) is 4.57. The highest BCUT2D eigenvalue weighted by Crippen LogP contribution is 2.26. The van der Waals surface area contributed by atoms with Gasteiger partial charge in [0, 0.05) is 30.9 Å². The lowest BCUT2D eigenvalue weighted by Crippen LogP contribution is -2.44. The van der Waals surface area contributed by atoms with Crippen molar-refractivity contribution in [3.63, 3.8) is 0 Å². The van der Waals surface area contributed by atoms with Crippen LogP contribution in [0.5, 0.6) is 0 Å². The van der Waals surface area contributed by atoms with Crippen LogP contribution >= 0.6 is 0 Å². The van der Waals surface area contributed by atoms with Crippen LogP contribution in [0.2, 0.25) is 0 Å². The number of H-pyrrole nitrogens is 1. The molecular weight excluding hydrogens is 332 g/mol. The molecule has 1 aliphatic rings. The largest absolute Gasteiger partial charge is 0.461 e. The maximum absolute atomic E-state index is 12.4. The molecule has 2 N–H and O–H groups in total. The molecule has 0 radical (unpaired) electrons. The molecule has 26 heavy (non-hydrogen) atoms. The number of aromatic nitrogens is 4. The third kappa shape index (κ3) is 3.58. The fourth-order valence-corrected chi connectivity index (χ4v) is 3.16. The Morgan fingerprint density at radius 3 is 2.88 bits per heavy atom. The highest BCUT2D eigenvalue weighted by atomic mass is 16.3. The Hall–Kier alpha value is -3.16. The second kappa shape index (κ2) is 7.38. The molecule has 1 aliphatic heterocycles. The van der Waals surface area contributed by atoms with Crippen molar-refractivity contribution in [2.45, 2.75) is 25.3 Å². The maximum atomic E-state index is 12.4. The van der Waals surface area contributed by atoms with Gasteiger partial charge in [-0.1, -0.05) is 6.07 Å². The maximum Gasteiger partial charge on any atom is 0.317 e. The Morgan fingerprint density at radius 1 is 1.27 bits per heavy atom. The summed E-state index contributed by atoms with van der Waals surface area (Å²) >= 11 is 0. The summed E-state index contributed by atoms with van der Waals surface area (Å²) < 4.78 is 5.25. The molecule has 0 aliphatic carbocycles. The lowest BCUT2D eigenvalue weighted by Gasteiger charge is -2.31. The second-order valence-electron chi connectivity index (χ2n) is 6.26. The molecule has 4 heterocycles. The number of pyridine rings is 1. The van der Waals surface area contributed by atoms with Gasteiger partial charge in [0.15, 0.2) is 5.76 Å². The van der Waals surface area contributed by atoms with Gasteiger partial charge >= 0.3 is 6.03 Å². The molecule has 3 aromatic heterocycles. The fraction of sp³-hybridized carbons (Fsp3) is 0.333. The van der Waals surface area contributed by atoms with Gasteiger partial charge in [-0.25, -0.2) is 9.78 Å². The van der Waals surface area contributed by atoms with Crippen LogP contribution in [-0.2, 0) is 6.54 Å². The highest BCUT2D eigenvalue weighted by Gasteiger charge is 2.24. The van der Waals surface area contributed by atoms with Crippen molar-refractivity contribution in [1.29, 1.82) is 0 Å². The molecule has 8 nitrogen and oxygen atoms in total. The van der Waals surface area contributed by atoms with Gasteiger partial charge in [-0.15, -0.1) is 5.10 Å². The van der Waals surface area contributed by atoms with E-state index in [-0.39, 0.29) is 6.03 Å². The number of hydrogen-bond acceptors (Lipinski definition) is 5. The minimum absolute atomic E-state index is 0.0829. The van der Waals surface area contributed by atoms with Crippen molar-refractivity contribution >= 4 is 6.03 Å². The average Bonchev–Trinajstić information content (AvgIpc) is 3.38. The minimum Gasteiger partial charge on any atom is -0.461 e. The van der Waals surface area contributed by atoms with E-state index in [1.54, 1.807) is 18.4 Å². The summed E-state index contributed by atoms with van der Waals surface area (Å²) in [4.78, 5) is 23.0. The van der Waals surface area contributed by atoms with Crippen molar-refractivity contribution in [2.24, 2.45) is 0 Å². The number of hydrogen-bond donors (Lipinski definition) is 2. The third-order valence-corrected chi connectivity index (χ3v) is 4.57. The monoisotopic (exact) mass is 352 g/mol. The van der Waals surface area contributed by atoms with E-state index in [1.807, 2.05) is 23.2 Å². The first-order chi connectivity index (χ1) is 12.8. The Bertz CT molecular complexity index is 838. The lowest BCUT2D eigenvalue weighted by atomic mass is 9.93. The molecule has 0 aromatic carbocycles. The average molecular weight is 352 g/mol. The summed E-state index contributed by atoms with van der Waals surface area (Å²) in [6, 6.07) is 9.48. The Balaban J connectivity index is 1.27. The van der Waals surface area contributed by atoms with Crippen LogP contribution in [0.15, 0.2) is 47.2 Å². The smallest absolute Gasteiger partial charge is 0.317 e. The summed E-state index contributed by atoms with van der Waals surface area (Å²) in [7, 11) is 0. The number of piperidine rings is 1. The molecule has 0 atom stereocenters. The van der Waals surface area contributed by atoms with Crippen molar-refractivity contribution in [1.82, 2.24) is 30.4 Å². The van der Waals surface area contributed by atoms with Gasteiger partial charge in [0.25, 0.3) is 0 Å². The molecule has 0 spiro atoms. The molecule has 1 saturated heterocycles. The van der Waals surface area contributed by atoms with Crippen molar-refractivity contribution in [2.75, 3.05) is 13.1 Å². The number of aromatic amines is 1. The predicted octanol–water partition coefficient (Wildman–Crippen LogP) is 2.55. The van der Waals surface area contributed by atoms with Gasteiger partial charge in [-0.2, -0.15) is 0 Å². The molecule has 8 heteroatoms. The van der Waals surface area contributed by atoms with Gasteiger partial charge < -0.3 is 14.6 Å².